The lowest BCUT2D eigenvalue weighted by Gasteiger charge is -2.22. The van der Waals surface area contributed by atoms with E-state index in [0.29, 0.717) is 11.6 Å². The number of ether oxygens (including phenoxy) is 1. The Labute approximate surface area is 199 Å². The van der Waals surface area contributed by atoms with Crippen LogP contribution < -0.4 is 10.1 Å². The van der Waals surface area contributed by atoms with E-state index < -0.39 is 0 Å². The summed E-state index contributed by atoms with van der Waals surface area (Å²) < 4.78 is 19.6. The van der Waals surface area contributed by atoms with Crippen LogP contribution in [0.5, 0.6) is 5.75 Å². The van der Waals surface area contributed by atoms with Gasteiger partial charge in [-0.15, -0.1) is 0 Å². The second-order valence-electron chi connectivity index (χ2n) is 8.18. The van der Waals surface area contributed by atoms with Crippen LogP contribution in [0.3, 0.4) is 0 Å². The van der Waals surface area contributed by atoms with E-state index in [1.807, 2.05) is 48.5 Å². The van der Waals surface area contributed by atoms with E-state index in [-0.39, 0.29) is 5.82 Å². The van der Waals surface area contributed by atoms with Crippen LogP contribution in [0.1, 0.15) is 25.3 Å². The summed E-state index contributed by atoms with van der Waals surface area (Å²) in [5.74, 6) is 0.652. The molecule has 4 nitrogen and oxygen atoms in total. The molecule has 0 bridgehead atoms. The van der Waals surface area contributed by atoms with Crippen molar-refractivity contribution in [2.75, 3.05) is 32.1 Å². The molecule has 0 saturated carbocycles. The number of pyridine rings is 1. The van der Waals surface area contributed by atoms with Crippen molar-refractivity contribution in [3.8, 4) is 5.75 Å². The van der Waals surface area contributed by atoms with Gasteiger partial charge in [0.25, 0.3) is 0 Å². The number of aromatic nitrogens is 1. The lowest BCUT2D eigenvalue weighted by atomic mass is 10.1. The van der Waals surface area contributed by atoms with Gasteiger partial charge in [-0.1, -0.05) is 36.7 Å². The second kappa shape index (κ2) is 10.8. The summed E-state index contributed by atoms with van der Waals surface area (Å²) in [5, 5.41) is 6.34. The number of hydrogen-bond donors (Lipinski definition) is 1. The monoisotopic (exact) mass is 465 g/mol. The molecule has 0 fully saturated rings. The molecule has 0 aliphatic heterocycles. The van der Waals surface area contributed by atoms with Gasteiger partial charge in [0.2, 0.25) is 0 Å². The summed E-state index contributed by atoms with van der Waals surface area (Å²) in [7, 11) is 1.67. The van der Waals surface area contributed by atoms with Gasteiger partial charge in [0.15, 0.2) is 0 Å². The van der Waals surface area contributed by atoms with Crippen LogP contribution in [0, 0.1) is 5.82 Å². The number of anilines is 1. The van der Waals surface area contributed by atoms with Gasteiger partial charge in [-0.05, 0) is 61.9 Å². The van der Waals surface area contributed by atoms with E-state index >= 15 is 0 Å². The molecule has 0 unspecified atom stereocenters. The number of methoxy groups -OCH3 is 1. The minimum Gasteiger partial charge on any atom is -0.497 e. The molecule has 3 aromatic carbocycles. The van der Waals surface area contributed by atoms with Crippen molar-refractivity contribution in [2.45, 2.75) is 26.3 Å². The van der Waals surface area contributed by atoms with Crippen LogP contribution in [0.25, 0.3) is 21.8 Å². The van der Waals surface area contributed by atoms with Crippen LogP contribution in [-0.4, -0.2) is 36.6 Å². The molecule has 0 aliphatic carbocycles. The first kappa shape index (κ1) is 23.3. The lowest BCUT2D eigenvalue weighted by molar-refractivity contribution is 0.261. The van der Waals surface area contributed by atoms with Crippen LogP contribution in [-0.2, 0) is 6.54 Å². The van der Waals surface area contributed by atoms with Crippen molar-refractivity contribution in [1.82, 2.24) is 9.88 Å². The van der Waals surface area contributed by atoms with Crippen molar-refractivity contribution >= 4 is 39.1 Å². The minimum absolute atomic E-state index is 0.140. The highest BCUT2D eigenvalue weighted by Gasteiger charge is 2.12. The van der Waals surface area contributed by atoms with Crippen molar-refractivity contribution < 1.29 is 9.13 Å². The van der Waals surface area contributed by atoms with Gasteiger partial charge in [0.05, 0.1) is 23.8 Å². The molecule has 1 aromatic heterocycles. The highest BCUT2D eigenvalue weighted by molar-refractivity contribution is 6.31. The average molecular weight is 466 g/mol. The molecule has 1 N–H and O–H groups in total. The average Bonchev–Trinajstić information content (AvgIpc) is 2.82. The summed E-state index contributed by atoms with van der Waals surface area (Å²) in [5.41, 5.74) is 3.52. The number of fused-ring (bicyclic) bond motifs is 2. The first-order valence-corrected chi connectivity index (χ1v) is 11.7. The topological polar surface area (TPSA) is 37.4 Å². The zero-order chi connectivity index (χ0) is 23.2. The number of nitrogens with zero attached hydrogens (tertiary/aromatic N) is 2. The maximum atomic E-state index is 14.1. The number of benzene rings is 3. The number of nitrogens with one attached hydrogen (secondary N) is 1. The highest BCUT2D eigenvalue weighted by Crippen LogP contribution is 2.34. The van der Waals surface area contributed by atoms with Crippen LogP contribution in [0.4, 0.5) is 10.1 Å². The normalized spacial score (nSPS) is 11.4. The molecule has 33 heavy (non-hydrogen) atoms. The standard InChI is InChI=1S/C27H29ClFN3O/c1-3-14-32(18-19-7-4-5-8-24(19)29)15-6-13-30-27-22-11-9-20(28)16-26(22)31-25-12-10-21(33-2)17-23(25)27/h4-5,7-12,16-17H,3,6,13-15,18H2,1-2H3,(H,30,31). The van der Waals surface area contributed by atoms with Gasteiger partial charge < -0.3 is 10.1 Å². The third-order valence-electron chi connectivity index (χ3n) is 5.79. The van der Waals surface area contributed by atoms with Gasteiger partial charge >= 0.3 is 0 Å². The largest absolute Gasteiger partial charge is 0.497 e. The lowest BCUT2D eigenvalue weighted by Crippen LogP contribution is -2.27. The van der Waals surface area contributed by atoms with Crippen molar-refractivity contribution in [3.63, 3.8) is 0 Å². The molecular weight excluding hydrogens is 437 g/mol. The van der Waals surface area contributed by atoms with Crippen LogP contribution in [0.2, 0.25) is 5.02 Å². The number of rotatable bonds is 10. The molecular formula is C27H29ClFN3O. The maximum absolute atomic E-state index is 14.1. The zero-order valence-corrected chi connectivity index (χ0v) is 19.8. The Morgan fingerprint density at radius 1 is 1.00 bits per heavy atom. The Hall–Kier alpha value is -2.89. The number of halogens is 2. The van der Waals surface area contributed by atoms with E-state index in [9.17, 15) is 4.39 Å². The molecule has 0 amide bonds. The summed E-state index contributed by atoms with van der Waals surface area (Å²) >= 11 is 6.23. The van der Waals surface area contributed by atoms with Crippen molar-refractivity contribution in [2.24, 2.45) is 0 Å². The Kier molecular flexibility index (Phi) is 7.63. The van der Waals surface area contributed by atoms with Crippen LogP contribution >= 0.6 is 11.6 Å². The molecule has 1 heterocycles. The minimum atomic E-state index is -0.140. The van der Waals surface area contributed by atoms with E-state index in [1.165, 1.54) is 6.07 Å². The van der Waals surface area contributed by atoms with E-state index in [2.05, 4.69) is 17.1 Å². The van der Waals surface area contributed by atoms with Crippen molar-refractivity contribution in [1.29, 1.82) is 0 Å². The van der Waals surface area contributed by atoms with E-state index in [0.717, 1.165) is 71.3 Å². The fourth-order valence-corrected chi connectivity index (χ4v) is 4.35. The zero-order valence-electron chi connectivity index (χ0n) is 19.1. The van der Waals surface area contributed by atoms with Gasteiger partial charge in [0.1, 0.15) is 11.6 Å². The molecule has 4 aromatic rings. The third kappa shape index (κ3) is 5.55. The fraction of sp³-hybridized carbons (Fsp3) is 0.296. The fourth-order valence-electron chi connectivity index (χ4n) is 4.18. The molecule has 172 valence electrons. The smallest absolute Gasteiger partial charge is 0.127 e. The van der Waals surface area contributed by atoms with Gasteiger partial charge in [-0.2, -0.15) is 0 Å². The Morgan fingerprint density at radius 2 is 1.85 bits per heavy atom. The number of hydrogen-bond acceptors (Lipinski definition) is 4. The van der Waals surface area contributed by atoms with Crippen molar-refractivity contribution in [3.05, 3.63) is 77.1 Å². The highest BCUT2D eigenvalue weighted by atomic mass is 35.5. The van der Waals surface area contributed by atoms with Gasteiger partial charge in [0, 0.05) is 41.0 Å². The van der Waals surface area contributed by atoms with Gasteiger partial charge in [-0.25, -0.2) is 9.37 Å². The SMILES string of the molecule is CCCN(CCCNc1c2ccc(Cl)cc2nc2ccc(OC)cc12)Cc1ccccc1F. The first-order valence-electron chi connectivity index (χ1n) is 11.4. The molecule has 0 saturated heterocycles. The quantitative estimate of drug-likeness (QED) is 0.204. The Bertz CT molecular complexity index is 1250. The third-order valence-corrected chi connectivity index (χ3v) is 6.02. The Balaban J connectivity index is 1.52. The Morgan fingerprint density at radius 3 is 2.64 bits per heavy atom. The van der Waals surface area contributed by atoms with E-state index in [1.54, 1.807) is 13.2 Å². The molecule has 6 heteroatoms. The van der Waals surface area contributed by atoms with E-state index in [4.69, 9.17) is 21.3 Å². The molecule has 0 spiro atoms. The molecule has 0 atom stereocenters. The molecule has 4 rings (SSSR count). The summed E-state index contributed by atoms with van der Waals surface area (Å²) in [6.45, 7) is 5.37. The predicted molar refractivity (Wildman–Crippen MR) is 136 cm³/mol. The second-order valence-corrected chi connectivity index (χ2v) is 8.62. The molecule has 0 radical (unpaired) electrons. The molecule has 0 aliphatic rings. The predicted octanol–water partition coefficient (Wildman–Crippen LogP) is 6.90. The first-order chi connectivity index (χ1) is 16.1. The van der Waals surface area contributed by atoms with Gasteiger partial charge in [-0.3, -0.25) is 4.90 Å². The van der Waals surface area contributed by atoms with Crippen LogP contribution in [0.15, 0.2) is 60.7 Å². The summed E-state index contributed by atoms with van der Waals surface area (Å²) in [6.07, 6.45) is 1.96. The summed E-state index contributed by atoms with van der Waals surface area (Å²) in [6, 6.07) is 18.7. The summed E-state index contributed by atoms with van der Waals surface area (Å²) in [4.78, 5) is 7.10. The maximum Gasteiger partial charge on any atom is 0.127 e.